The van der Waals surface area contributed by atoms with Crippen LogP contribution in [-0.4, -0.2) is 19.3 Å². The van der Waals surface area contributed by atoms with E-state index in [1.807, 2.05) is 37.3 Å². The molecule has 1 atom stereocenters. The highest BCUT2D eigenvalue weighted by atomic mass is 16.5. The number of hydrogen-bond acceptors (Lipinski definition) is 2. The van der Waals surface area contributed by atoms with Crippen LogP contribution in [0.4, 0.5) is 0 Å². The summed E-state index contributed by atoms with van der Waals surface area (Å²) in [5.74, 6) is 0.883. The molecule has 100 valence electrons. The smallest absolute Gasteiger partial charge is 0.120 e. The molecule has 0 N–H and O–H groups in total. The molecule has 0 heterocycles. The summed E-state index contributed by atoms with van der Waals surface area (Å²) in [6.07, 6.45) is 5.45. The van der Waals surface area contributed by atoms with E-state index in [1.165, 1.54) is 12.8 Å². The van der Waals surface area contributed by atoms with Crippen molar-refractivity contribution in [3.8, 4) is 5.75 Å². The van der Waals surface area contributed by atoms with E-state index in [1.54, 1.807) is 0 Å². The molecule has 0 saturated carbocycles. The lowest BCUT2D eigenvalue weighted by molar-refractivity contribution is 0.0212. The third kappa shape index (κ3) is 5.37. The lowest BCUT2D eigenvalue weighted by atomic mass is 10.1. The zero-order valence-corrected chi connectivity index (χ0v) is 11.5. The van der Waals surface area contributed by atoms with Gasteiger partial charge in [0, 0.05) is 6.61 Å². The summed E-state index contributed by atoms with van der Waals surface area (Å²) in [6, 6.07) is 7.96. The molecule has 0 aliphatic carbocycles. The Bertz CT molecular complexity index is 347. The van der Waals surface area contributed by atoms with Crippen molar-refractivity contribution < 1.29 is 9.47 Å². The van der Waals surface area contributed by atoms with Crippen LogP contribution < -0.4 is 4.74 Å². The van der Waals surface area contributed by atoms with Gasteiger partial charge in [-0.05, 0) is 31.0 Å². The van der Waals surface area contributed by atoms with Gasteiger partial charge in [-0.25, -0.2) is 0 Å². The highest BCUT2D eigenvalue weighted by molar-refractivity contribution is 5.49. The Labute approximate surface area is 111 Å². The lowest BCUT2D eigenvalue weighted by Crippen LogP contribution is -2.21. The fourth-order valence-electron chi connectivity index (χ4n) is 1.80. The van der Waals surface area contributed by atoms with Gasteiger partial charge in [-0.3, -0.25) is 0 Å². The summed E-state index contributed by atoms with van der Waals surface area (Å²) >= 11 is 0. The maximum absolute atomic E-state index is 5.79. The first-order valence-electron chi connectivity index (χ1n) is 6.77. The van der Waals surface area contributed by atoms with E-state index in [4.69, 9.17) is 9.47 Å². The van der Waals surface area contributed by atoms with Crippen LogP contribution >= 0.6 is 0 Å². The van der Waals surface area contributed by atoms with Crippen LogP contribution in [0.2, 0.25) is 0 Å². The van der Waals surface area contributed by atoms with Crippen LogP contribution in [0.1, 0.15) is 38.7 Å². The van der Waals surface area contributed by atoms with Crippen molar-refractivity contribution >= 4 is 6.08 Å². The van der Waals surface area contributed by atoms with Gasteiger partial charge in [0.05, 0.1) is 6.10 Å². The Balaban J connectivity index is 2.46. The van der Waals surface area contributed by atoms with Crippen molar-refractivity contribution in [3.63, 3.8) is 0 Å². The number of ether oxygens (including phenoxy) is 2. The Morgan fingerprint density at radius 1 is 1.33 bits per heavy atom. The molecule has 18 heavy (non-hydrogen) atoms. The first-order valence-corrected chi connectivity index (χ1v) is 6.77. The van der Waals surface area contributed by atoms with Gasteiger partial charge < -0.3 is 9.47 Å². The van der Waals surface area contributed by atoms with Crippen LogP contribution in [-0.2, 0) is 4.74 Å². The normalized spacial score (nSPS) is 12.1. The lowest BCUT2D eigenvalue weighted by Gasteiger charge is -2.17. The molecule has 1 aromatic carbocycles. The molecule has 0 spiro atoms. The quantitative estimate of drug-likeness (QED) is 0.648. The molecule has 0 bridgehead atoms. The number of unbranched alkanes of at least 4 members (excludes halogenated alkanes) is 1. The van der Waals surface area contributed by atoms with Crippen molar-refractivity contribution in [1.82, 2.24) is 0 Å². The molecule has 1 unspecified atom stereocenters. The van der Waals surface area contributed by atoms with Gasteiger partial charge in [0.25, 0.3) is 0 Å². The van der Waals surface area contributed by atoms with E-state index < -0.39 is 0 Å². The second-order valence-electron chi connectivity index (χ2n) is 4.31. The van der Waals surface area contributed by atoms with Crippen molar-refractivity contribution in [1.29, 1.82) is 0 Å². The molecule has 1 aromatic rings. The zero-order chi connectivity index (χ0) is 13.2. The monoisotopic (exact) mass is 248 g/mol. The number of hydrogen-bond donors (Lipinski definition) is 0. The van der Waals surface area contributed by atoms with Gasteiger partial charge in [-0.2, -0.15) is 0 Å². The second-order valence-corrected chi connectivity index (χ2v) is 4.31. The van der Waals surface area contributed by atoms with E-state index in [9.17, 15) is 0 Å². The predicted molar refractivity (Wildman–Crippen MR) is 77.0 cm³/mol. The maximum Gasteiger partial charge on any atom is 0.120 e. The highest BCUT2D eigenvalue weighted by Gasteiger charge is 2.08. The minimum atomic E-state index is 0.197. The largest absolute Gasteiger partial charge is 0.491 e. The first-order chi connectivity index (χ1) is 8.80. The molecule has 0 radical (unpaired) electrons. The first kappa shape index (κ1) is 14.8. The molecule has 1 rings (SSSR count). The second kappa shape index (κ2) is 8.76. The van der Waals surface area contributed by atoms with Crippen molar-refractivity contribution in [3.05, 3.63) is 36.4 Å². The predicted octanol–water partition coefficient (Wildman–Crippen LogP) is 4.30. The van der Waals surface area contributed by atoms with Gasteiger partial charge in [0.1, 0.15) is 12.4 Å². The summed E-state index contributed by atoms with van der Waals surface area (Å²) in [5, 5.41) is 0. The average molecular weight is 248 g/mol. The number of rotatable bonds is 9. The molecular weight excluding hydrogens is 224 g/mol. The van der Waals surface area contributed by atoms with Gasteiger partial charge >= 0.3 is 0 Å². The molecular formula is C16H24O2. The van der Waals surface area contributed by atoms with E-state index in [2.05, 4.69) is 13.5 Å². The van der Waals surface area contributed by atoms with E-state index in [-0.39, 0.29) is 6.10 Å². The average Bonchev–Trinajstić information content (AvgIpc) is 2.42. The topological polar surface area (TPSA) is 18.5 Å². The Hall–Kier alpha value is -1.28. The summed E-state index contributed by atoms with van der Waals surface area (Å²) in [5.41, 5.74) is 1.08. The summed E-state index contributed by atoms with van der Waals surface area (Å²) in [6.45, 7) is 9.33. The van der Waals surface area contributed by atoms with Crippen molar-refractivity contribution in [2.24, 2.45) is 0 Å². The maximum atomic E-state index is 5.79. The summed E-state index contributed by atoms with van der Waals surface area (Å²) in [7, 11) is 0. The molecule has 2 nitrogen and oxygen atoms in total. The third-order valence-corrected chi connectivity index (χ3v) is 2.81. The fraction of sp³-hybridized carbons (Fsp3) is 0.500. The van der Waals surface area contributed by atoms with Crippen LogP contribution in [0.3, 0.4) is 0 Å². The van der Waals surface area contributed by atoms with Crippen molar-refractivity contribution in [2.45, 2.75) is 39.2 Å². The van der Waals surface area contributed by atoms with E-state index in [0.717, 1.165) is 24.3 Å². The Kier molecular flexibility index (Phi) is 7.19. The zero-order valence-electron chi connectivity index (χ0n) is 11.5. The van der Waals surface area contributed by atoms with Crippen LogP contribution in [0.25, 0.3) is 6.08 Å². The summed E-state index contributed by atoms with van der Waals surface area (Å²) in [4.78, 5) is 0. The molecule has 2 heteroatoms. The van der Waals surface area contributed by atoms with Gasteiger partial charge in [0.2, 0.25) is 0 Å². The van der Waals surface area contributed by atoms with E-state index >= 15 is 0 Å². The fourth-order valence-corrected chi connectivity index (χ4v) is 1.80. The van der Waals surface area contributed by atoms with Crippen LogP contribution in [0.5, 0.6) is 5.75 Å². The molecule has 0 aromatic heterocycles. The molecule has 0 aliphatic heterocycles. The van der Waals surface area contributed by atoms with Gasteiger partial charge in [0.15, 0.2) is 0 Å². The number of benzene rings is 1. The SMILES string of the molecule is C=Cc1cccc(OCC(CCCC)OCC)c1. The standard InChI is InChI=1S/C16H24O2/c1-4-7-10-16(17-6-3)13-18-15-11-8-9-14(5-2)12-15/h5,8-9,11-12,16H,2,4,6-7,10,13H2,1,3H3. The minimum absolute atomic E-state index is 0.197. The molecule has 0 amide bonds. The Morgan fingerprint density at radius 2 is 2.17 bits per heavy atom. The van der Waals surface area contributed by atoms with Crippen LogP contribution in [0, 0.1) is 0 Å². The Morgan fingerprint density at radius 3 is 2.83 bits per heavy atom. The van der Waals surface area contributed by atoms with Gasteiger partial charge in [-0.1, -0.05) is 44.6 Å². The molecule has 0 saturated heterocycles. The molecule has 0 aliphatic rings. The van der Waals surface area contributed by atoms with E-state index in [0.29, 0.717) is 6.61 Å². The van der Waals surface area contributed by atoms with Crippen molar-refractivity contribution in [2.75, 3.05) is 13.2 Å². The van der Waals surface area contributed by atoms with Gasteiger partial charge in [-0.15, -0.1) is 0 Å². The summed E-state index contributed by atoms with van der Waals surface area (Å²) < 4.78 is 11.5. The third-order valence-electron chi connectivity index (χ3n) is 2.81. The van der Waals surface area contributed by atoms with Crippen LogP contribution in [0.15, 0.2) is 30.8 Å². The molecule has 0 fully saturated rings. The minimum Gasteiger partial charge on any atom is -0.491 e. The highest BCUT2D eigenvalue weighted by Crippen LogP contribution is 2.15.